The fraction of sp³-hybridized carbons (Fsp3) is 0.600. The maximum atomic E-state index is 5.85. The molecule has 17 heavy (non-hydrogen) atoms. The van der Waals surface area contributed by atoms with Gasteiger partial charge in [0.05, 0.1) is 6.04 Å². The lowest BCUT2D eigenvalue weighted by Crippen LogP contribution is -2.25. The molecule has 1 aliphatic rings. The molecule has 0 aromatic heterocycles. The third-order valence-electron chi connectivity index (χ3n) is 4.10. The molecule has 2 unspecified atom stereocenters. The summed E-state index contributed by atoms with van der Waals surface area (Å²) in [5, 5.41) is 3.34. The fourth-order valence-corrected chi connectivity index (χ4v) is 2.44. The summed E-state index contributed by atoms with van der Waals surface area (Å²) in [4.78, 5) is 0. The Balaban J connectivity index is 2.41. The molecule has 0 amide bonds. The molecule has 94 valence electrons. The van der Waals surface area contributed by atoms with Crippen LogP contribution in [0.5, 0.6) is 5.75 Å². The van der Waals surface area contributed by atoms with E-state index < -0.39 is 0 Å². The summed E-state index contributed by atoms with van der Waals surface area (Å²) in [7, 11) is 2.00. The normalized spacial score (nSPS) is 23.4. The minimum absolute atomic E-state index is 0.218. The van der Waals surface area contributed by atoms with Gasteiger partial charge in [-0.2, -0.15) is 0 Å². The van der Waals surface area contributed by atoms with Crippen LogP contribution in [0.4, 0.5) is 0 Å². The Morgan fingerprint density at radius 2 is 2.06 bits per heavy atom. The van der Waals surface area contributed by atoms with Crippen LogP contribution in [0.1, 0.15) is 51.3 Å². The van der Waals surface area contributed by atoms with Gasteiger partial charge in [0.2, 0.25) is 0 Å². The average molecular weight is 233 g/mol. The Morgan fingerprint density at radius 1 is 1.35 bits per heavy atom. The van der Waals surface area contributed by atoms with Crippen LogP contribution in [0.3, 0.4) is 0 Å². The Kier molecular flexibility index (Phi) is 3.17. The molecule has 1 aromatic rings. The van der Waals surface area contributed by atoms with Gasteiger partial charge in [-0.25, -0.2) is 0 Å². The van der Waals surface area contributed by atoms with Crippen LogP contribution in [0.2, 0.25) is 0 Å². The summed E-state index contributed by atoms with van der Waals surface area (Å²) in [5.41, 5.74) is 2.94. The molecule has 0 spiro atoms. The van der Waals surface area contributed by atoms with Crippen molar-refractivity contribution in [1.82, 2.24) is 5.32 Å². The lowest BCUT2D eigenvalue weighted by molar-refractivity contribution is 0.214. The summed E-state index contributed by atoms with van der Waals surface area (Å²) in [6, 6.07) is 6.95. The topological polar surface area (TPSA) is 21.3 Å². The van der Waals surface area contributed by atoms with Crippen molar-refractivity contribution in [3.05, 3.63) is 29.3 Å². The van der Waals surface area contributed by atoms with Crippen LogP contribution in [0.15, 0.2) is 18.2 Å². The van der Waals surface area contributed by atoms with Gasteiger partial charge in [-0.1, -0.05) is 26.8 Å². The summed E-state index contributed by atoms with van der Waals surface area (Å²) in [6.45, 7) is 8.94. The van der Waals surface area contributed by atoms with Crippen molar-refractivity contribution < 1.29 is 4.74 Å². The van der Waals surface area contributed by atoms with Crippen molar-refractivity contribution in [3.8, 4) is 5.75 Å². The van der Waals surface area contributed by atoms with Crippen molar-refractivity contribution >= 4 is 0 Å². The third-order valence-corrected chi connectivity index (χ3v) is 4.10. The first-order chi connectivity index (χ1) is 7.99. The van der Waals surface area contributed by atoms with E-state index >= 15 is 0 Å². The summed E-state index contributed by atoms with van der Waals surface area (Å²) < 4.78 is 5.85. The molecular weight excluding hydrogens is 210 g/mol. The maximum absolute atomic E-state index is 5.85. The van der Waals surface area contributed by atoms with Gasteiger partial charge in [0.15, 0.2) is 0 Å². The molecule has 0 fully saturated rings. The quantitative estimate of drug-likeness (QED) is 0.863. The Hall–Kier alpha value is -1.02. The maximum Gasteiger partial charge on any atom is 0.124 e. The first kappa shape index (κ1) is 12.4. The van der Waals surface area contributed by atoms with Gasteiger partial charge < -0.3 is 10.1 Å². The molecule has 1 heterocycles. The zero-order valence-electron chi connectivity index (χ0n) is 11.5. The highest BCUT2D eigenvalue weighted by atomic mass is 16.5. The van der Waals surface area contributed by atoms with E-state index in [1.807, 2.05) is 7.05 Å². The Morgan fingerprint density at radius 3 is 2.65 bits per heavy atom. The van der Waals surface area contributed by atoms with Crippen LogP contribution < -0.4 is 10.1 Å². The van der Waals surface area contributed by atoms with Crippen LogP contribution in [-0.2, 0) is 5.41 Å². The highest BCUT2D eigenvalue weighted by Crippen LogP contribution is 2.39. The molecule has 0 saturated heterocycles. The lowest BCUT2D eigenvalue weighted by Gasteiger charge is -2.24. The fourth-order valence-electron chi connectivity index (χ4n) is 2.44. The Labute approximate surface area is 104 Å². The van der Waals surface area contributed by atoms with Crippen molar-refractivity contribution in [1.29, 1.82) is 0 Å². The number of hydrogen-bond acceptors (Lipinski definition) is 2. The SMILES string of the molecule is CCC(C)(C)c1ccc2c(c1)C(NC)C(C)O2. The summed E-state index contributed by atoms with van der Waals surface area (Å²) >= 11 is 0. The Bertz CT molecular complexity index is 411. The van der Waals surface area contributed by atoms with E-state index in [2.05, 4.69) is 51.2 Å². The predicted octanol–water partition coefficient (Wildman–Crippen LogP) is 3.42. The predicted molar refractivity (Wildman–Crippen MR) is 71.6 cm³/mol. The highest BCUT2D eigenvalue weighted by molar-refractivity contribution is 5.45. The van der Waals surface area contributed by atoms with E-state index in [1.54, 1.807) is 0 Å². The number of likely N-dealkylation sites (N-methyl/N-ethyl adjacent to an activating group) is 1. The van der Waals surface area contributed by atoms with Gasteiger partial charge in [-0.15, -0.1) is 0 Å². The minimum Gasteiger partial charge on any atom is -0.488 e. The van der Waals surface area contributed by atoms with Gasteiger partial charge in [-0.3, -0.25) is 0 Å². The van der Waals surface area contributed by atoms with Crippen LogP contribution >= 0.6 is 0 Å². The van der Waals surface area contributed by atoms with Crippen LogP contribution in [-0.4, -0.2) is 13.2 Å². The number of rotatable bonds is 3. The minimum atomic E-state index is 0.218. The second kappa shape index (κ2) is 4.34. The largest absolute Gasteiger partial charge is 0.488 e. The third kappa shape index (κ3) is 2.06. The van der Waals surface area contributed by atoms with Crippen molar-refractivity contribution in [2.24, 2.45) is 0 Å². The number of nitrogens with one attached hydrogen (secondary N) is 1. The van der Waals surface area contributed by atoms with Crippen LogP contribution in [0, 0.1) is 0 Å². The zero-order chi connectivity index (χ0) is 12.6. The van der Waals surface area contributed by atoms with Crippen molar-refractivity contribution in [3.63, 3.8) is 0 Å². The molecule has 0 radical (unpaired) electrons. The standard InChI is InChI=1S/C15H23NO/c1-6-15(3,4)11-7-8-13-12(9-11)14(16-5)10(2)17-13/h7-10,14,16H,6H2,1-5H3. The summed E-state index contributed by atoms with van der Waals surface area (Å²) in [5.74, 6) is 1.03. The van der Waals surface area contributed by atoms with Gasteiger partial charge in [0.1, 0.15) is 11.9 Å². The van der Waals surface area contributed by atoms with E-state index in [0.29, 0.717) is 6.04 Å². The van der Waals surface area contributed by atoms with Gasteiger partial charge in [0.25, 0.3) is 0 Å². The van der Waals surface area contributed by atoms with Crippen molar-refractivity contribution in [2.75, 3.05) is 7.05 Å². The first-order valence-corrected chi connectivity index (χ1v) is 6.48. The zero-order valence-corrected chi connectivity index (χ0v) is 11.5. The van der Waals surface area contributed by atoms with Crippen LogP contribution in [0.25, 0.3) is 0 Å². The van der Waals surface area contributed by atoms with E-state index in [-0.39, 0.29) is 11.5 Å². The number of ether oxygens (including phenoxy) is 1. The first-order valence-electron chi connectivity index (χ1n) is 6.48. The van der Waals surface area contributed by atoms with E-state index in [0.717, 1.165) is 12.2 Å². The highest BCUT2D eigenvalue weighted by Gasteiger charge is 2.31. The molecule has 0 aliphatic carbocycles. The summed E-state index contributed by atoms with van der Waals surface area (Å²) in [6.07, 6.45) is 1.36. The molecular formula is C15H23NO. The smallest absolute Gasteiger partial charge is 0.124 e. The molecule has 2 nitrogen and oxygen atoms in total. The van der Waals surface area contributed by atoms with Gasteiger partial charge in [0, 0.05) is 5.56 Å². The molecule has 1 aliphatic heterocycles. The monoisotopic (exact) mass is 233 g/mol. The number of hydrogen-bond donors (Lipinski definition) is 1. The lowest BCUT2D eigenvalue weighted by atomic mass is 9.81. The molecule has 1 aromatic carbocycles. The molecule has 2 rings (SSSR count). The second-order valence-corrected chi connectivity index (χ2v) is 5.58. The molecule has 2 atom stereocenters. The molecule has 1 N–H and O–H groups in total. The number of benzene rings is 1. The van der Waals surface area contributed by atoms with E-state index in [1.165, 1.54) is 11.1 Å². The van der Waals surface area contributed by atoms with Gasteiger partial charge in [-0.05, 0) is 43.5 Å². The molecule has 2 heteroatoms. The van der Waals surface area contributed by atoms with E-state index in [9.17, 15) is 0 Å². The number of fused-ring (bicyclic) bond motifs is 1. The van der Waals surface area contributed by atoms with Gasteiger partial charge >= 0.3 is 0 Å². The molecule has 0 bridgehead atoms. The average Bonchev–Trinajstić information content (AvgIpc) is 2.63. The molecule has 0 saturated carbocycles. The van der Waals surface area contributed by atoms with Crippen molar-refractivity contribution in [2.45, 2.75) is 51.7 Å². The van der Waals surface area contributed by atoms with E-state index in [4.69, 9.17) is 4.74 Å². The second-order valence-electron chi connectivity index (χ2n) is 5.58.